The molecule has 2 aromatic carbocycles. The van der Waals surface area contributed by atoms with E-state index in [0.717, 1.165) is 11.6 Å². The van der Waals surface area contributed by atoms with E-state index in [-0.39, 0.29) is 11.5 Å². The van der Waals surface area contributed by atoms with Crippen LogP contribution in [0.25, 0.3) is 0 Å². The highest BCUT2D eigenvalue weighted by Crippen LogP contribution is 2.48. The van der Waals surface area contributed by atoms with Gasteiger partial charge in [-0.25, -0.2) is 0 Å². The molecule has 3 rings (SSSR count). The Labute approximate surface area is 165 Å². The zero-order valence-corrected chi connectivity index (χ0v) is 15.9. The van der Waals surface area contributed by atoms with Gasteiger partial charge in [-0.15, -0.1) is 6.58 Å². The van der Waals surface area contributed by atoms with Crippen molar-refractivity contribution in [3.05, 3.63) is 81.4 Å². The summed E-state index contributed by atoms with van der Waals surface area (Å²) in [7, 11) is 1.51. The molecular weight excluding hydrogens is 398 g/mol. The summed E-state index contributed by atoms with van der Waals surface area (Å²) in [5, 5.41) is 0.729. The Morgan fingerprint density at radius 3 is 2.52 bits per heavy atom. The van der Waals surface area contributed by atoms with Crippen molar-refractivity contribution in [2.24, 2.45) is 0 Å². The van der Waals surface area contributed by atoms with Gasteiger partial charge in [-0.3, -0.25) is 4.79 Å². The summed E-state index contributed by atoms with van der Waals surface area (Å²) < 4.78 is 40.3. The fourth-order valence-corrected chi connectivity index (χ4v) is 3.97. The molecule has 27 heavy (non-hydrogen) atoms. The summed E-state index contributed by atoms with van der Waals surface area (Å²) in [4.78, 5) is 14.0. The molecule has 0 N–H and O–H groups in total. The van der Waals surface area contributed by atoms with Gasteiger partial charge in [0, 0.05) is 13.0 Å². The van der Waals surface area contributed by atoms with Crippen LogP contribution in [0.2, 0.25) is 10.0 Å². The first-order valence-electron chi connectivity index (χ1n) is 8.20. The quantitative estimate of drug-likeness (QED) is 0.523. The minimum Gasteiger partial charge on any atom is -0.334 e. The van der Waals surface area contributed by atoms with E-state index in [4.69, 9.17) is 23.2 Å². The largest absolute Gasteiger partial charge is 0.417 e. The van der Waals surface area contributed by atoms with Crippen molar-refractivity contribution in [3.63, 3.8) is 0 Å². The zero-order valence-electron chi connectivity index (χ0n) is 14.4. The smallest absolute Gasteiger partial charge is 0.334 e. The summed E-state index contributed by atoms with van der Waals surface area (Å²) in [5.41, 5.74) is -0.0630. The molecule has 0 fully saturated rings. The lowest BCUT2D eigenvalue weighted by molar-refractivity contribution is -0.137. The van der Waals surface area contributed by atoms with Crippen LogP contribution in [0.1, 0.15) is 45.4 Å². The van der Waals surface area contributed by atoms with Gasteiger partial charge in [-0.1, -0.05) is 47.5 Å². The second-order valence-corrected chi connectivity index (χ2v) is 7.25. The lowest BCUT2D eigenvalue weighted by atomic mass is 9.84. The second kappa shape index (κ2) is 7.21. The summed E-state index contributed by atoms with van der Waals surface area (Å²) in [6.07, 6.45) is -2.47. The van der Waals surface area contributed by atoms with Crippen molar-refractivity contribution in [1.82, 2.24) is 4.90 Å². The van der Waals surface area contributed by atoms with E-state index >= 15 is 0 Å². The molecule has 1 aliphatic rings. The normalized spacial score (nSPS) is 17.8. The monoisotopic (exact) mass is 413 g/mol. The first-order chi connectivity index (χ1) is 12.7. The molecule has 0 radical (unpaired) electrons. The number of benzene rings is 2. The average Bonchev–Trinajstić information content (AvgIpc) is 2.86. The van der Waals surface area contributed by atoms with Gasteiger partial charge in [0.15, 0.2) is 0 Å². The first kappa shape index (κ1) is 19.8. The van der Waals surface area contributed by atoms with Crippen LogP contribution in [0, 0.1) is 0 Å². The number of carbonyl (C=O) groups is 1. The Kier molecular flexibility index (Phi) is 5.28. The molecule has 2 aromatic rings. The van der Waals surface area contributed by atoms with Crippen molar-refractivity contribution < 1.29 is 18.0 Å². The van der Waals surface area contributed by atoms with Gasteiger partial charge in [-0.05, 0) is 35.7 Å². The van der Waals surface area contributed by atoms with Gasteiger partial charge in [-0.2, -0.15) is 13.2 Å². The van der Waals surface area contributed by atoms with Gasteiger partial charge < -0.3 is 4.90 Å². The third-order valence-electron chi connectivity index (χ3n) is 4.85. The van der Waals surface area contributed by atoms with Gasteiger partial charge in [0.1, 0.15) is 0 Å². The third-order valence-corrected chi connectivity index (χ3v) is 5.58. The maximum atomic E-state index is 13.4. The second-order valence-electron chi connectivity index (χ2n) is 6.43. The van der Waals surface area contributed by atoms with E-state index in [1.165, 1.54) is 18.0 Å². The minimum absolute atomic E-state index is 0.286. The van der Waals surface area contributed by atoms with Crippen LogP contribution >= 0.6 is 23.2 Å². The van der Waals surface area contributed by atoms with Crippen molar-refractivity contribution in [3.8, 4) is 0 Å². The Bertz CT molecular complexity index is 911. The zero-order chi connectivity index (χ0) is 19.9. The molecule has 2 nitrogen and oxygen atoms in total. The molecule has 0 aromatic heterocycles. The topological polar surface area (TPSA) is 20.3 Å². The number of fused-ring (bicyclic) bond motifs is 1. The number of halogens is 5. The average molecular weight is 414 g/mol. The van der Waals surface area contributed by atoms with Crippen LogP contribution in [-0.2, 0) is 6.18 Å². The van der Waals surface area contributed by atoms with Gasteiger partial charge in [0.05, 0.1) is 27.2 Å². The minimum atomic E-state index is -4.60. The molecule has 0 spiro atoms. The van der Waals surface area contributed by atoms with E-state index in [9.17, 15) is 18.0 Å². The third kappa shape index (κ3) is 3.46. The van der Waals surface area contributed by atoms with Crippen LogP contribution in [-0.4, -0.2) is 17.9 Å². The van der Waals surface area contributed by atoms with Crippen molar-refractivity contribution in [1.29, 1.82) is 0 Å². The molecule has 0 saturated carbocycles. The number of nitrogens with zero attached hydrogens (tertiary/aromatic N) is 1. The predicted octanol–water partition coefficient (Wildman–Crippen LogP) is 6.50. The predicted molar refractivity (Wildman–Crippen MR) is 100 cm³/mol. The summed E-state index contributed by atoms with van der Waals surface area (Å²) >= 11 is 12.1. The highest BCUT2D eigenvalue weighted by molar-refractivity contribution is 6.42. The number of likely N-dealkylation sites (N-methyl/N-ethyl adjacent to an activating group) is 1. The lowest BCUT2D eigenvalue weighted by Gasteiger charge is -2.30. The molecule has 1 aliphatic heterocycles. The number of carbonyl (C=O) groups excluding carboxylic acids is 1. The van der Waals surface area contributed by atoms with Crippen molar-refractivity contribution >= 4 is 29.1 Å². The molecular formula is C20H16Cl2F3NO. The van der Waals surface area contributed by atoms with E-state index < -0.39 is 23.7 Å². The summed E-state index contributed by atoms with van der Waals surface area (Å²) in [6.45, 7) is 3.75. The number of alkyl halides is 3. The molecule has 1 amide bonds. The number of rotatable bonds is 4. The maximum absolute atomic E-state index is 13.4. The molecule has 2 atom stereocenters. The van der Waals surface area contributed by atoms with Crippen LogP contribution in [0.4, 0.5) is 13.2 Å². The van der Waals surface area contributed by atoms with E-state index in [0.29, 0.717) is 22.0 Å². The van der Waals surface area contributed by atoms with E-state index in [1.807, 2.05) is 0 Å². The molecule has 0 bridgehead atoms. The standard InChI is InChI=1S/C20H16Cl2F3NO/c1-3-5-12(11-8-9-15(21)16(22)10-11)18-13-6-4-7-14(20(23,24)25)17(13)19(27)26(18)2/h3-4,6-10,12,18H,1,5H2,2H3. The molecule has 142 valence electrons. The van der Waals surface area contributed by atoms with Crippen LogP contribution in [0.3, 0.4) is 0 Å². The fraction of sp³-hybridized carbons (Fsp3) is 0.250. The van der Waals surface area contributed by atoms with Crippen molar-refractivity contribution in [2.45, 2.75) is 24.6 Å². The van der Waals surface area contributed by atoms with Crippen LogP contribution in [0.15, 0.2) is 49.1 Å². The molecule has 0 saturated heterocycles. The number of amides is 1. The summed E-state index contributed by atoms with van der Waals surface area (Å²) in [5.74, 6) is -0.951. The first-order valence-corrected chi connectivity index (χ1v) is 8.95. The van der Waals surface area contributed by atoms with E-state index in [2.05, 4.69) is 6.58 Å². The van der Waals surface area contributed by atoms with Crippen LogP contribution in [0.5, 0.6) is 0 Å². The SMILES string of the molecule is C=CCC(c1ccc(Cl)c(Cl)c1)C1c2cccc(C(F)(F)F)c2C(=O)N1C. The van der Waals surface area contributed by atoms with Gasteiger partial charge in [0.2, 0.25) is 0 Å². The maximum Gasteiger partial charge on any atom is 0.417 e. The van der Waals surface area contributed by atoms with Gasteiger partial charge in [0.25, 0.3) is 5.91 Å². The Balaban J connectivity index is 2.17. The molecule has 1 heterocycles. The number of hydrogen-bond donors (Lipinski definition) is 0. The fourth-order valence-electron chi connectivity index (χ4n) is 3.66. The van der Waals surface area contributed by atoms with E-state index in [1.54, 1.807) is 30.3 Å². The Morgan fingerprint density at radius 2 is 1.93 bits per heavy atom. The number of hydrogen-bond acceptors (Lipinski definition) is 1. The van der Waals surface area contributed by atoms with Gasteiger partial charge >= 0.3 is 6.18 Å². The van der Waals surface area contributed by atoms with Crippen molar-refractivity contribution in [2.75, 3.05) is 7.05 Å². The Hall–Kier alpha value is -1.98. The number of allylic oxidation sites excluding steroid dienone is 1. The highest BCUT2D eigenvalue weighted by Gasteiger charge is 2.45. The molecule has 2 unspecified atom stereocenters. The summed E-state index contributed by atoms with van der Waals surface area (Å²) in [6, 6.07) is 8.37. The van der Waals surface area contributed by atoms with Crippen LogP contribution < -0.4 is 0 Å². The highest BCUT2D eigenvalue weighted by atomic mass is 35.5. The Morgan fingerprint density at radius 1 is 1.22 bits per heavy atom. The molecule has 0 aliphatic carbocycles. The lowest BCUT2D eigenvalue weighted by Crippen LogP contribution is -2.28. The molecule has 7 heteroatoms.